The lowest BCUT2D eigenvalue weighted by molar-refractivity contribution is -0.157. The molecule has 0 aromatic rings. The average molecular weight is 470 g/mol. The second-order valence-corrected chi connectivity index (χ2v) is 5.67. The van der Waals surface area contributed by atoms with Crippen LogP contribution in [0.15, 0.2) is 4.99 Å². The highest BCUT2D eigenvalue weighted by atomic mass is 127. The standard InChI is InChI=1S/C13H25F3N4OS.HI/c1-4-17-12(18-7-5-6-8-22-3)19-9-11(21)20(2)10-13(14,15)16;/h4-10H2,1-3H3,(H2,17,18,19);1H. The Morgan fingerprint density at radius 1 is 1.26 bits per heavy atom. The van der Waals surface area contributed by atoms with Crippen molar-refractivity contribution in [1.29, 1.82) is 0 Å². The molecule has 0 aliphatic carbocycles. The maximum atomic E-state index is 12.2. The van der Waals surface area contributed by atoms with Gasteiger partial charge in [0.2, 0.25) is 5.91 Å². The first kappa shape index (κ1) is 24.9. The van der Waals surface area contributed by atoms with E-state index in [0.717, 1.165) is 25.6 Å². The quantitative estimate of drug-likeness (QED) is 0.235. The summed E-state index contributed by atoms with van der Waals surface area (Å²) in [5, 5.41) is 6.02. The van der Waals surface area contributed by atoms with Crippen LogP contribution in [-0.4, -0.2) is 68.2 Å². The number of hydrogen-bond acceptors (Lipinski definition) is 3. The summed E-state index contributed by atoms with van der Waals surface area (Å²) in [7, 11) is 1.12. The zero-order valence-electron chi connectivity index (χ0n) is 13.7. The number of unbranched alkanes of at least 4 members (excludes halogenated alkanes) is 1. The van der Waals surface area contributed by atoms with Crippen LogP contribution in [-0.2, 0) is 4.79 Å². The number of aliphatic imine (C=N–C) groups is 1. The molecule has 0 unspecified atom stereocenters. The van der Waals surface area contributed by atoms with Crippen LogP contribution in [0.2, 0.25) is 0 Å². The molecule has 0 fully saturated rings. The molecule has 5 nitrogen and oxygen atoms in total. The first-order valence-corrected chi connectivity index (χ1v) is 8.51. The molecule has 0 heterocycles. The minimum absolute atomic E-state index is 0. The van der Waals surface area contributed by atoms with E-state index in [4.69, 9.17) is 0 Å². The fraction of sp³-hybridized carbons (Fsp3) is 0.846. The van der Waals surface area contributed by atoms with Gasteiger partial charge in [0.25, 0.3) is 0 Å². The van der Waals surface area contributed by atoms with Gasteiger partial charge in [-0.2, -0.15) is 24.9 Å². The third-order valence-electron chi connectivity index (χ3n) is 2.63. The molecular formula is C13H26F3IN4OS. The van der Waals surface area contributed by atoms with Gasteiger partial charge in [0.05, 0.1) is 0 Å². The van der Waals surface area contributed by atoms with Crippen molar-refractivity contribution in [3.8, 4) is 0 Å². The Bertz CT molecular complexity index is 357. The molecule has 0 rings (SSSR count). The number of amides is 1. The largest absolute Gasteiger partial charge is 0.406 e. The van der Waals surface area contributed by atoms with Crippen LogP contribution in [0.5, 0.6) is 0 Å². The van der Waals surface area contributed by atoms with Crippen molar-refractivity contribution >= 4 is 47.6 Å². The smallest absolute Gasteiger partial charge is 0.357 e. The molecule has 0 aliphatic heterocycles. The summed E-state index contributed by atoms with van der Waals surface area (Å²) in [6.07, 6.45) is -0.315. The SMILES string of the molecule is CCNC(=NCC(=O)N(C)CC(F)(F)F)NCCCCSC.I. The Balaban J connectivity index is 0. The fourth-order valence-electron chi connectivity index (χ4n) is 1.54. The molecule has 0 bridgehead atoms. The number of halogens is 4. The summed E-state index contributed by atoms with van der Waals surface area (Å²) in [4.78, 5) is 16.2. The van der Waals surface area contributed by atoms with E-state index < -0.39 is 18.6 Å². The highest BCUT2D eigenvalue weighted by molar-refractivity contribution is 14.0. The van der Waals surface area contributed by atoms with Crippen molar-refractivity contribution in [1.82, 2.24) is 15.5 Å². The van der Waals surface area contributed by atoms with Gasteiger partial charge < -0.3 is 15.5 Å². The molecule has 0 saturated heterocycles. The average Bonchev–Trinajstić information content (AvgIpc) is 2.42. The number of rotatable bonds is 9. The normalized spacial score (nSPS) is 11.7. The topological polar surface area (TPSA) is 56.7 Å². The third kappa shape index (κ3) is 14.9. The van der Waals surface area contributed by atoms with Crippen LogP contribution < -0.4 is 10.6 Å². The number of thioether (sulfide) groups is 1. The Kier molecular flexibility index (Phi) is 15.1. The van der Waals surface area contributed by atoms with E-state index in [9.17, 15) is 18.0 Å². The van der Waals surface area contributed by atoms with Gasteiger partial charge in [-0.25, -0.2) is 4.99 Å². The lowest BCUT2D eigenvalue weighted by atomic mass is 10.3. The van der Waals surface area contributed by atoms with Gasteiger partial charge in [0.1, 0.15) is 13.1 Å². The zero-order chi connectivity index (χ0) is 17.0. The van der Waals surface area contributed by atoms with Crippen LogP contribution in [0.3, 0.4) is 0 Å². The second kappa shape index (κ2) is 14.0. The van der Waals surface area contributed by atoms with E-state index in [0.29, 0.717) is 23.9 Å². The summed E-state index contributed by atoms with van der Waals surface area (Å²) in [5.41, 5.74) is 0. The van der Waals surface area contributed by atoms with Gasteiger partial charge in [0, 0.05) is 20.1 Å². The molecular weight excluding hydrogens is 444 g/mol. The molecule has 0 aliphatic rings. The lowest BCUT2D eigenvalue weighted by Gasteiger charge is -2.18. The summed E-state index contributed by atoms with van der Waals surface area (Å²) in [6, 6.07) is 0. The van der Waals surface area contributed by atoms with Crippen molar-refractivity contribution in [2.75, 3.05) is 45.2 Å². The number of nitrogens with zero attached hydrogens (tertiary/aromatic N) is 2. The number of nitrogens with one attached hydrogen (secondary N) is 2. The Morgan fingerprint density at radius 2 is 1.91 bits per heavy atom. The van der Waals surface area contributed by atoms with Crippen LogP contribution >= 0.6 is 35.7 Å². The highest BCUT2D eigenvalue weighted by Gasteiger charge is 2.30. The van der Waals surface area contributed by atoms with Crippen LogP contribution in [0.4, 0.5) is 13.2 Å². The zero-order valence-corrected chi connectivity index (χ0v) is 16.8. The molecule has 1 amide bonds. The highest BCUT2D eigenvalue weighted by Crippen LogP contribution is 2.15. The molecule has 23 heavy (non-hydrogen) atoms. The van der Waals surface area contributed by atoms with E-state index in [1.807, 2.05) is 13.2 Å². The van der Waals surface area contributed by atoms with E-state index >= 15 is 0 Å². The van der Waals surface area contributed by atoms with Crippen LogP contribution in [0.25, 0.3) is 0 Å². The maximum Gasteiger partial charge on any atom is 0.406 e. The van der Waals surface area contributed by atoms with Gasteiger partial charge in [-0.1, -0.05) is 0 Å². The van der Waals surface area contributed by atoms with E-state index in [1.165, 1.54) is 0 Å². The summed E-state index contributed by atoms with van der Waals surface area (Å²) in [5.74, 6) is 0.855. The molecule has 0 aromatic heterocycles. The monoisotopic (exact) mass is 470 g/mol. The third-order valence-corrected chi connectivity index (χ3v) is 3.32. The molecule has 138 valence electrons. The van der Waals surface area contributed by atoms with E-state index in [1.54, 1.807) is 11.8 Å². The molecule has 0 saturated carbocycles. The maximum absolute atomic E-state index is 12.2. The lowest BCUT2D eigenvalue weighted by Crippen LogP contribution is -2.40. The Labute approximate surface area is 157 Å². The molecule has 0 spiro atoms. The minimum Gasteiger partial charge on any atom is -0.357 e. The molecule has 10 heteroatoms. The molecule has 0 radical (unpaired) electrons. The second-order valence-electron chi connectivity index (χ2n) is 4.69. The van der Waals surface area contributed by atoms with Gasteiger partial charge in [-0.3, -0.25) is 4.79 Å². The Hall–Kier alpha value is -0.390. The molecule has 0 aromatic carbocycles. The number of likely N-dealkylation sites (N-methyl/N-ethyl adjacent to an activating group) is 1. The first-order chi connectivity index (χ1) is 10.3. The van der Waals surface area contributed by atoms with E-state index in [-0.39, 0.29) is 30.5 Å². The van der Waals surface area contributed by atoms with Gasteiger partial charge >= 0.3 is 6.18 Å². The van der Waals surface area contributed by atoms with Crippen molar-refractivity contribution < 1.29 is 18.0 Å². The van der Waals surface area contributed by atoms with Crippen molar-refractivity contribution in [3.63, 3.8) is 0 Å². The van der Waals surface area contributed by atoms with Crippen molar-refractivity contribution in [3.05, 3.63) is 0 Å². The molecule has 0 atom stereocenters. The number of carbonyl (C=O) groups is 1. The number of guanidine groups is 1. The summed E-state index contributed by atoms with van der Waals surface area (Å²) >= 11 is 1.78. The predicted octanol–water partition coefficient (Wildman–Crippen LogP) is 2.32. The van der Waals surface area contributed by atoms with Gasteiger partial charge in [-0.05, 0) is 31.8 Å². The minimum atomic E-state index is -4.39. The first-order valence-electron chi connectivity index (χ1n) is 7.12. The van der Waals surface area contributed by atoms with Crippen molar-refractivity contribution in [2.45, 2.75) is 25.9 Å². The number of hydrogen-bond donors (Lipinski definition) is 2. The summed E-state index contributed by atoms with van der Waals surface area (Å²) < 4.78 is 36.6. The number of alkyl halides is 3. The van der Waals surface area contributed by atoms with Crippen LogP contribution in [0.1, 0.15) is 19.8 Å². The van der Waals surface area contributed by atoms with Crippen molar-refractivity contribution in [2.24, 2.45) is 4.99 Å². The van der Waals surface area contributed by atoms with E-state index in [2.05, 4.69) is 15.6 Å². The van der Waals surface area contributed by atoms with Gasteiger partial charge in [0.15, 0.2) is 5.96 Å². The molecule has 2 N–H and O–H groups in total. The fourth-order valence-corrected chi connectivity index (χ4v) is 2.04. The summed E-state index contributed by atoms with van der Waals surface area (Å²) in [6.45, 7) is 1.62. The van der Waals surface area contributed by atoms with Crippen LogP contribution in [0, 0.1) is 0 Å². The Morgan fingerprint density at radius 3 is 2.43 bits per heavy atom. The van der Waals surface area contributed by atoms with Gasteiger partial charge in [-0.15, -0.1) is 24.0 Å². The predicted molar refractivity (Wildman–Crippen MR) is 101 cm³/mol. The number of carbonyl (C=O) groups excluding carboxylic acids is 1.